The van der Waals surface area contributed by atoms with Crippen LogP contribution >= 0.6 is 11.3 Å². The van der Waals surface area contributed by atoms with Gasteiger partial charge in [-0.1, -0.05) is 6.92 Å². The summed E-state index contributed by atoms with van der Waals surface area (Å²) in [7, 11) is 2.15. The van der Waals surface area contributed by atoms with Crippen LogP contribution in [0.25, 0.3) is 0 Å². The van der Waals surface area contributed by atoms with Crippen LogP contribution in [-0.2, 0) is 0 Å². The van der Waals surface area contributed by atoms with Crippen LogP contribution in [0.4, 0.5) is 10.7 Å². The number of carbonyl (C=O) groups is 1. The highest BCUT2D eigenvalue weighted by molar-refractivity contribution is 7.18. The van der Waals surface area contributed by atoms with Crippen LogP contribution in [-0.4, -0.2) is 37.4 Å². The first-order valence-corrected chi connectivity index (χ1v) is 7.26. The standard InChI is InChI=1S/C13H21N3OS/c1-3-11(17)13-10(14)6-12(18-13)15-7-9-4-5-16(2)8-9/h6,9,15H,3-5,7-8,14H2,1-2H3. The molecule has 1 aliphatic heterocycles. The Hall–Kier alpha value is -1.07. The number of Topliss-reactive ketones (excluding diaryl/α,β-unsaturated/α-hetero) is 1. The molecule has 1 fully saturated rings. The van der Waals surface area contributed by atoms with Gasteiger partial charge in [0, 0.05) is 19.5 Å². The zero-order valence-electron chi connectivity index (χ0n) is 11.0. The molecule has 4 nitrogen and oxygen atoms in total. The molecule has 1 atom stereocenters. The topological polar surface area (TPSA) is 58.4 Å². The van der Waals surface area contributed by atoms with Crippen LogP contribution in [0, 0.1) is 5.92 Å². The molecule has 2 heterocycles. The maximum absolute atomic E-state index is 11.6. The lowest BCUT2D eigenvalue weighted by molar-refractivity contribution is 0.0993. The molecule has 3 N–H and O–H groups in total. The summed E-state index contributed by atoms with van der Waals surface area (Å²) in [4.78, 5) is 14.7. The van der Waals surface area contributed by atoms with E-state index < -0.39 is 0 Å². The van der Waals surface area contributed by atoms with Gasteiger partial charge in [0.25, 0.3) is 0 Å². The number of rotatable bonds is 5. The van der Waals surface area contributed by atoms with Crippen molar-refractivity contribution in [2.45, 2.75) is 19.8 Å². The van der Waals surface area contributed by atoms with Gasteiger partial charge in [0.2, 0.25) is 0 Å². The van der Waals surface area contributed by atoms with Crippen LogP contribution in [0.1, 0.15) is 29.4 Å². The summed E-state index contributed by atoms with van der Waals surface area (Å²) >= 11 is 1.48. The fraction of sp³-hybridized carbons (Fsp3) is 0.615. The predicted octanol–water partition coefficient (Wildman–Crippen LogP) is 2.29. The summed E-state index contributed by atoms with van der Waals surface area (Å²) in [5.41, 5.74) is 6.47. The molecule has 100 valence electrons. The summed E-state index contributed by atoms with van der Waals surface area (Å²) in [6.07, 6.45) is 1.75. The lowest BCUT2D eigenvalue weighted by Crippen LogP contribution is -2.18. The van der Waals surface area contributed by atoms with Gasteiger partial charge >= 0.3 is 0 Å². The van der Waals surface area contributed by atoms with Crippen molar-refractivity contribution in [3.05, 3.63) is 10.9 Å². The fourth-order valence-corrected chi connectivity index (χ4v) is 3.30. The third-order valence-electron chi connectivity index (χ3n) is 3.39. The Balaban J connectivity index is 1.92. The Morgan fingerprint density at radius 3 is 3.06 bits per heavy atom. The third kappa shape index (κ3) is 3.03. The zero-order chi connectivity index (χ0) is 13.1. The van der Waals surface area contributed by atoms with E-state index in [1.807, 2.05) is 13.0 Å². The van der Waals surface area contributed by atoms with E-state index in [-0.39, 0.29) is 5.78 Å². The van der Waals surface area contributed by atoms with Gasteiger partial charge in [0.05, 0.1) is 15.6 Å². The van der Waals surface area contributed by atoms with E-state index in [9.17, 15) is 4.79 Å². The average molecular weight is 267 g/mol. The van der Waals surface area contributed by atoms with Crippen molar-refractivity contribution < 1.29 is 4.79 Å². The lowest BCUT2D eigenvalue weighted by Gasteiger charge is -2.11. The lowest BCUT2D eigenvalue weighted by atomic mass is 10.1. The number of nitrogens with one attached hydrogen (secondary N) is 1. The molecule has 18 heavy (non-hydrogen) atoms. The molecule has 5 heteroatoms. The number of nitrogens with zero attached hydrogens (tertiary/aromatic N) is 1. The molecule has 0 saturated carbocycles. The van der Waals surface area contributed by atoms with Crippen molar-refractivity contribution in [1.82, 2.24) is 4.90 Å². The Bertz CT molecular complexity index is 430. The van der Waals surface area contributed by atoms with E-state index in [1.54, 1.807) is 0 Å². The number of nitrogens with two attached hydrogens (primary N) is 1. The van der Waals surface area contributed by atoms with Crippen molar-refractivity contribution in [2.24, 2.45) is 5.92 Å². The average Bonchev–Trinajstić information content (AvgIpc) is 2.92. The number of carbonyl (C=O) groups excluding carboxylic acids is 1. The minimum absolute atomic E-state index is 0.131. The Labute approximate surface area is 112 Å². The highest BCUT2D eigenvalue weighted by Gasteiger charge is 2.19. The molecule has 0 amide bonds. The number of anilines is 2. The molecule has 2 rings (SSSR count). The van der Waals surface area contributed by atoms with Gasteiger partial charge < -0.3 is 16.0 Å². The first kappa shape index (κ1) is 13.4. The van der Waals surface area contributed by atoms with E-state index in [0.717, 1.165) is 18.1 Å². The van der Waals surface area contributed by atoms with E-state index in [4.69, 9.17) is 5.73 Å². The molecule has 1 aromatic heterocycles. The van der Waals surface area contributed by atoms with Crippen molar-refractivity contribution in [3.8, 4) is 0 Å². The van der Waals surface area contributed by atoms with Gasteiger partial charge in [-0.25, -0.2) is 0 Å². The summed E-state index contributed by atoms with van der Waals surface area (Å²) in [6.45, 7) is 5.15. The van der Waals surface area contributed by atoms with Gasteiger partial charge in [-0.3, -0.25) is 4.79 Å². The fourth-order valence-electron chi connectivity index (χ4n) is 2.31. The summed E-state index contributed by atoms with van der Waals surface area (Å²) in [5, 5.41) is 4.42. The van der Waals surface area contributed by atoms with Gasteiger partial charge in [0.1, 0.15) is 0 Å². The number of likely N-dealkylation sites (tertiary alicyclic amines) is 1. The Kier molecular flexibility index (Phi) is 4.24. The molecule has 1 unspecified atom stereocenters. The van der Waals surface area contributed by atoms with Gasteiger partial charge in [-0.2, -0.15) is 0 Å². The summed E-state index contributed by atoms with van der Waals surface area (Å²) in [6, 6.07) is 1.88. The van der Waals surface area contributed by atoms with E-state index in [2.05, 4.69) is 17.3 Å². The van der Waals surface area contributed by atoms with Gasteiger partial charge in [0.15, 0.2) is 5.78 Å². The second kappa shape index (κ2) is 5.71. The summed E-state index contributed by atoms with van der Waals surface area (Å²) in [5.74, 6) is 0.829. The van der Waals surface area contributed by atoms with Crippen LogP contribution < -0.4 is 11.1 Å². The normalized spacial score (nSPS) is 20.2. The first-order chi connectivity index (χ1) is 8.60. The molecule has 0 aromatic carbocycles. The van der Waals surface area contributed by atoms with E-state index in [1.165, 1.54) is 24.3 Å². The SMILES string of the molecule is CCC(=O)c1sc(NCC2CCN(C)C2)cc1N. The van der Waals surface area contributed by atoms with Crippen LogP contribution in [0.3, 0.4) is 0 Å². The Morgan fingerprint density at radius 1 is 1.67 bits per heavy atom. The third-order valence-corrected chi connectivity index (χ3v) is 4.54. The quantitative estimate of drug-likeness (QED) is 0.804. The largest absolute Gasteiger partial charge is 0.397 e. The number of thiophene rings is 1. The highest BCUT2D eigenvalue weighted by Crippen LogP contribution is 2.30. The number of ketones is 1. The molecule has 0 radical (unpaired) electrons. The highest BCUT2D eigenvalue weighted by atomic mass is 32.1. The van der Waals surface area contributed by atoms with Gasteiger partial charge in [-0.05, 0) is 32.0 Å². The second-order valence-corrected chi connectivity index (χ2v) is 6.02. The zero-order valence-corrected chi connectivity index (χ0v) is 11.8. The molecule has 0 aliphatic carbocycles. The molecule has 0 bridgehead atoms. The number of nitrogen functional groups attached to an aromatic ring is 1. The molecule has 1 aliphatic rings. The summed E-state index contributed by atoms with van der Waals surface area (Å²) < 4.78 is 0. The van der Waals surface area contributed by atoms with Crippen molar-refractivity contribution >= 4 is 27.8 Å². The Morgan fingerprint density at radius 2 is 2.44 bits per heavy atom. The smallest absolute Gasteiger partial charge is 0.174 e. The molecule has 1 saturated heterocycles. The minimum Gasteiger partial charge on any atom is -0.397 e. The van der Waals surface area contributed by atoms with Crippen molar-refractivity contribution in [2.75, 3.05) is 37.7 Å². The maximum atomic E-state index is 11.6. The number of hydrogen-bond donors (Lipinski definition) is 2. The van der Waals surface area contributed by atoms with Crippen molar-refractivity contribution in [3.63, 3.8) is 0 Å². The van der Waals surface area contributed by atoms with Crippen LogP contribution in [0.5, 0.6) is 0 Å². The molecule has 0 spiro atoms. The number of hydrogen-bond acceptors (Lipinski definition) is 5. The minimum atomic E-state index is 0.131. The first-order valence-electron chi connectivity index (χ1n) is 6.45. The maximum Gasteiger partial charge on any atom is 0.174 e. The monoisotopic (exact) mass is 267 g/mol. The second-order valence-electron chi connectivity index (χ2n) is 4.97. The van der Waals surface area contributed by atoms with E-state index in [0.29, 0.717) is 22.9 Å². The van der Waals surface area contributed by atoms with Crippen LogP contribution in [0.2, 0.25) is 0 Å². The molecular weight excluding hydrogens is 246 g/mol. The van der Waals surface area contributed by atoms with Crippen LogP contribution in [0.15, 0.2) is 6.07 Å². The van der Waals surface area contributed by atoms with Crippen molar-refractivity contribution in [1.29, 1.82) is 0 Å². The predicted molar refractivity (Wildman–Crippen MR) is 77.4 cm³/mol. The van der Waals surface area contributed by atoms with E-state index >= 15 is 0 Å². The molecular formula is C13H21N3OS. The van der Waals surface area contributed by atoms with Gasteiger partial charge in [-0.15, -0.1) is 11.3 Å². The molecule has 1 aromatic rings.